The van der Waals surface area contributed by atoms with Crippen LogP contribution in [0.15, 0.2) is 18.5 Å². The lowest BCUT2D eigenvalue weighted by Gasteiger charge is -2.15. The van der Waals surface area contributed by atoms with Crippen molar-refractivity contribution in [1.82, 2.24) is 9.97 Å². The summed E-state index contributed by atoms with van der Waals surface area (Å²) in [6.45, 7) is 9.51. The van der Waals surface area contributed by atoms with Gasteiger partial charge in [0.15, 0.2) is 0 Å². The lowest BCUT2D eigenvalue weighted by Crippen LogP contribution is -2.14. The zero-order valence-corrected chi connectivity index (χ0v) is 16.4. The van der Waals surface area contributed by atoms with Crippen LogP contribution in [0.5, 0.6) is 5.75 Å². The van der Waals surface area contributed by atoms with E-state index in [4.69, 9.17) is 16.3 Å². The second-order valence-electron chi connectivity index (χ2n) is 6.41. The van der Waals surface area contributed by atoms with Crippen molar-refractivity contribution in [2.75, 3.05) is 18.5 Å². The van der Waals surface area contributed by atoms with Crippen molar-refractivity contribution in [3.8, 4) is 5.75 Å². The molecule has 1 aromatic carbocycles. The molecule has 0 aliphatic carbocycles. The predicted octanol–water partition coefficient (Wildman–Crippen LogP) is 5.28. The summed E-state index contributed by atoms with van der Waals surface area (Å²) in [5, 5.41) is 3.76. The van der Waals surface area contributed by atoms with Crippen molar-refractivity contribution in [2.45, 2.75) is 53.4 Å². The van der Waals surface area contributed by atoms with Crippen LogP contribution in [0.3, 0.4) is 0 Å². The maximum absolute atomic E-state index is 6.18. The fourth-order valence-electron chi connectivity index (χ4n) is 2.89. The highest BCUT2D eigenvalue weighted by Crippen LogP contribution is 2.26. The zero-order valence-electron chi connectivity index (χ0n) is 15.7. The molecule has 25 heavy (non-hydrogen) atoms. The van der Waals surface area contributed by atoms with Gasteiger partial charge in [0.2, 0.25) is 0 Å². The number of halogens is 1. The summed E-state index contributed by atoms with van der Waals surface area (Å²) in [5.74, 6) is 1.63. The lowest BCUT2D eigenvalue weighted by molar-refractivity contribution is 0.328. The summed E-state index contributed by atoms with van der Waals surface area (Å²) in [4.78, 5) is 8.22. The lowest BCUT2D eigenvalue weighted by atomic mass is 10.0. The molecule has 2 aromatic rings. The van der Waals surface area contributed by atoms with E-state index in [1.807, 2.05) is 6.92 Å². The molecule has 0 bridgehead atoms. The van der Waals surface area contributed by atoms with E-state index in [-0.39, 0.29) is 0 Å². The van der Waals surface area contributed by atoms with Gasteiger partial charge in [-0.3, -0.25) is 0 Å². The third-order valence-corrected chi connectivity index (χ3v) is 4.65. The van der Waals surface area contributed by atoms with Crippen LogP contribution in [0, 0.1) is 20.8 Å². The number of nitrogens with one attached hydrogen (secondary N) is 1. The first-order valence-electron chi connectivity index (χ1n) is 8.96. The minimum atomic E-state index is 0.552. The average molecular weight is 362 g/mol. The quantitative estimate of drug-likeness (QED) is 0.617. The van der Waals surface area contributed by atoms with Gasteiger partial charge in [-0.25, -0.2) is 9.97 Å². The molecule has 0 unspecified atom stereocenters. The monoisotopic (exact) mass is 361 g/mol. The Labute approximate surface area is 156 Å². The van der Waals surface area contributed by atoms with Gasteiger partial charge in [0, 0.05) is 0 Å². The van der Waals surface area contributed by atoms with E-state index in [2.05, 4.69) is 48.2 Å². The second-order valence-corrected chi connectivity index (χ2v) is 6.79. The van der Waals surface area contributed by atoms with E-state index in [0.29, 0.717) is 24.0 Å². The number of nitrogens with zero attached hydrogens (tertiary/aromatic N) is 2. The molecule has 1 heterocycles. The molecule has 0 saturated heterocycles. The number of aryl methyl sites for hydroxylation is 4. The first-order valence-corrected chi connectivity index (χ1v) is 9.34. The molecule has 1 N–H and O–H groups in total. The molecular weight excluding hydrogens is 334 g/mol. The smallest absolute Gasteiger partial charge is 0.148 e. The Bertz CT molecular complexity index is 680. The van der Waals surface area contributed by atoms with Crippen LogP contribution in [-0.2, 0) is 6.42 Å². The van der Waals surface area contributed by atoms with Crippen molar-refractivity contribution in [3.63, 3.8) is 0 Å². The molecule has 0 radical (unpaired) electrons. The Morgan fingerprint density at radius 1 is 1.08 bits per heavy atom. The van der Waals surface area contributed by atoms with Gasteiger partial charge in [0.25, 0.3) is 0 Å². The third-order valence-electron chi connectivity index (χ3n) is 4.19. The van der Waals surface area contributed by atoms with E-state index < -0.39 is 0 Å². The summed E-state index contributed by atoms with van der Waals surface area (Å²) in [7, 11) is 0. The SMILES string of the molecule is CCCCCc1cc(C)c(OCCNc2ncnc(C)c2Cl)c(C)c1. The summed E-state index contributed by atoms with van der Waals surface area (Å²) < 4.78 is 5.99. The molecule has 0 atom stereocenters. The highest BCUT2D eigenvalue weighted by atomic mass is 35.5. The molecule has 0 amide bonds. The highest BCUT2D eigenvalue weighted by molar-refractivity contribution is 6.33. The summed E-state index contributed by atoms with van der Waals surface area (Å²) in [5.41, 5.74) is 4.56. The molecule has 2 rings (SSSR count). The molecule has 0 fully saturated rings. The van der Waals surface area contributed by atoms with Crippen LogP contribution >= 0.6 is 11.6 Å². The minimum Gasteiger partial charge on any atom is -0.491 e. The average Bonchev–Trinajstić information content (AvgIpc) is 2.57. The summed E-state index contributed by atoms with van der Waals surface area (Å²) in [6.07, 6.45) is 6.44. The number of ether oxygens (including phenoxy) is 1. The zero-order chi connectivity index (χ0) is 18.2. The maximum Gasteiger partial charge on any atom is 0.148 e. The number of benzene rings is 1. The van der Waals surface area contributed by atoms with E-state index >= 15 is 0 Å². The van der Waals surface area contributed by atoms with Crippen molar-refractivity contribution >= 4 is 17.4 Å². The number of aromatic nitrogens is 2. The Balaban J connectivity index is 1.89. The standard InChI is InChI=1S/C20H28ClN3O/c1-5-6-7-8-17-11-14(2)19(15(3)12-17)25-10-9-22-20-18(21)16(4)23-13-24-20/h11-13H,5-10H2,1-4H3,(H,22,23,24). The molecule has 0 aliphatic rings. The van der Waals surface area contributed by atoms with E-state index in [1.165, 1.54) is 42.3 Å². The van der Waals surface area contributed by atoms with Gasteiger partial charge >= 0.3 is 0 Å². The number of anilines is 1. The first-order chi connectivity index (χ1) is 12.0. The van der Waals surface area contributed by atoms with Crippen molar-refractivity contribution in [3.05, 3.63) is 45.9 Å². The van der Waals surface area contributed by atoms with Crippen LogP contribution < -0.4 is 10.1 Å². The predicted molar refractivity (Wildman–Crippen MR) is 105 cm³/mol. The minimum absolute atomic E-state index is 0.552. The largest absolute Gasteiger partial charge is 0.491 e. The van der Waals surface area contributed by atoms with Crippen LogP contribution in [0.25, 0.3) is 0 Å². The van der Waals surface area contributed by atoms with Crippen molar-refractivity contribution in [1.29, 1.82) is 0 Å². The van der Waals surface area contributed by atoms with Gasteiger partial charge < -0.3 is 10.1 Å². The van der Waals surface area contributed by atoms with E-state index in [0.717, 1.165) is 17.9 Å². The van der Waals surface area contributed by atoms with E-state index in [1.54, 1.807) is 0 Å². The van der Waals surface area contributed by atoms with Crippen molar-refractivity contribution < 1.29 is 4.74 Å². The molecule has 0 saturated carbocycles. The van der Waals surface area contributed by atoms with Crippen LogP contribution in [0.4, 0.5) is 5.82 Å². The van der Waals surface area contributed by atoms with Crippen molar-refractivity contribution in [2.24, 2.45) is 0 Å². The molecule has 1 aromatic heterocycles. The number of rotatable bonds is 9. The Hall–Kier alpha value is -1.81. The van der Waals surface area contributed by atoms with Gasteiger partial charge in [-0.05, 0) is 50.3 Å². The Morgan fingerprint density at radius 3 is 2.48 bits per heavy atom. The maximum atomic E-state index is 6.18. The fraction of sp³-hybridized carbons (Fsp3) is 0.500. The van der Waals surface area contributed by atoms with Crippen LogP contribution in [0.2, 0.25) is 5.02 Å². The molecule has 0 spiro atoms. The summed E-state index contributed by atoms with van der Waals surface area (Å²) in [6, 6.07) is 4.49. The number of hydrogen-bond donors (Lipinski definition) is 1. The van der Waals surface area contributed by atoms with Gasteiger partial charge in [0.1, 0.15) is 29.5 Å². The third kappa shape index (κ3) is 5.60. The first kappa shape index (κ1) is 19.5. The summed E-state index contributed by atoms with van der Waals surface area (Å²) >= 11 is 6.18. The second kappa shape index (κ2) is 9.62. The van der Waals surface area contributed by atoms with Crippen LogP contribution in [-0.4, -0.2) is 23.1 Å². The van der Waals surface area contributed by atoms with Gasteiger partial charge in [-0.1, -0.05) is 43.5 Å². The Kier molecular flexibility index (Phi) is 7.51. The molecule has 0 aliphatic heterocycles. The molecular formula is C20H28ClN3O. The Morgan fingerprint density at radius 2 is 1.80 bits per heavy atom. The normalized spacial score (nSPS) is 10.8. The highest BCUT2D eigenvalue weighted by Gasteiger charge is 2.08. The van der Waals surface area contributed by atoms with E-state index in [9.17, 15) is 0 Å². The fourth-order valence-corrected chi connectivity index (χ4v) is 3.06. The molecule has 136 valence electrons. The van der Waals surface area contributed by atoms with Gasteiger partial charge in [0.05, 0.1) is 12.2 Å². The molecule has 4 nitrogen and oxygen atoms in total. The van der Waals surface area contributed by atoms with Gasteiger partial charge in [-0.15, -0.1) is 0 Å². The number of unbranched alkanes of at least 4 members (excludes halogenated alkanes) is 2. The van der Waals surface area contributed by atoms with Crippen LogP contribution in [0.1, 0.15) is 48.6 Å². The topological polar surface area (TPSA) is 47.0 Å². The molecule has 5 heteroatoms. The number of hydrogen-bond acceptors (Lipinski definition) is 4. The van der Waals surface area contributed by atoms with Gasteiger partial charge in [-0.2, -0.15) is 0 Å².